The normalized spacial score (nSPS) is 26.5. The highest BCUT2D eigenvalue weighted by atomic mass is 31.2. The van der Waals surface area contributed by atoms with Crippen molar-refractivity contribution >= 4 is 7.60 Å². The van der Waals surface area contributed by atoms with E-state index in [-0.39, 0.29) is 6.61 Å². The molecule has 9 heteroatoms. The molecule has 1 fully saturated rings. The van der Waals surface area contributed by atoms with Gasteiger partial charge in [0.25, 0.3) is 0 Å². The van der Waals surface area contributed by atoms with E-state index in [1.165, 1.54) is 22.3 Å². The molecule has 0 amide bonds. The van der Waals surface area contributed by atoms with Crippen molar-refractivity contribution in [2.45, 2.75) is 130 Å². The van der Waals surface area contributed by atoms with E-state index >= 15 is 0 Å². The van der Waals surface area contributed by atoms with Crippen LogP contribution in [0.2, 0.25) is 0 Å². The zero-order valence-corrected chi connectivity index (χ0v) is 27.1. The van der Waals surface area contributed by atoms with Crippen molar-refractivity contribution in [2.75, 3.05) is 19.4 Å². The Balaban J connectivity index is 2.29. The third-order valence-corrected chi connectivity index (χ3v) is 9.02. The quantitative estimate of drug-likeness (QED) is 0.0902. The molecule has 1 unspecified atom stereocenters. The van der Waals surface area contributed by atoms with Gasteiger partial charge in [-0.3, -0.25) is 4.57 Å². The van der Waals surface area contributed by atoms with Gasteiger partial charge in [0, 0.05) is 0 Å². The molecule has 7 atom stereocenters. The molecular formula is C32H57O8P. The van der Waals surface area contributed by atoms with Crippen LogP contribution in [-0.2, 0) is 13.8 Å². The number of rotatable bonds is 19. The van der Waals surface area contributed by atoms with Crippen molar-refractivity contribution in [1.29, 1.82) is 0 Å². The van der Waals surface area contributed by atoms with Crippen LogP contribution < -0.4 is 0 Å². The van der Waals surface area contributed by atoms with Crippen LogP contribution in [0.3, 0.4) is 0 Å². The number of aliphatic hydroxyl groups excluding tert-OH is 4. The summed E-state index contributed by atoms with van der Waals surface area (Å²) in [5.74, 6) is 0.298. The molecule has 41 heavy (non-hydrogen) atoms. The molecule has 0 aliphatic carbocycles. The van der Waals surface area contributed by atoms with Crippen LogP contribution in [0, 0.1) is 5.92 Å². The molecule has 0 bridgehead atoms. The van der Waals surface area contributed by atoms with Crippen LogP contribution >= 0.6 is 7.60 Å². The maximum absolute atomic E-state index is 12.5. The maximum Gasteiger partial charge on any atom is 0.330 e. The van der Waals surface area contributed by atoms with Gasteiger partial charge < -0.3 is 34.6 Å². The molecule has 1 aliphatic heterocycles. The molecule has 0 aromatic rings. The second-order valence-corrected chi connectivity index (χ2v) is 13.9. The lowest BCUT2D eigenvalue weighted by Crippen LogP contribution is -2.59. The molecule has 1 aliphatic rings. The fraction of sp³-hybridized carbons (Fsp3) is 0.750. The van der Waals surface area contributed by atoms with Crippen molar-refractivity contribution in [3.63, 3.8) is 0 Å². The summed E-state index contributed by atoms with van der Waals surface area (Å²) in [4.78, 5) is 10.2. The summed E-state index contributed by atoms with van der Waals surface area (Å²) >= 11 is 0. The minimum Gasteiger partial charge on any atom is -0.394 e. The Kier molecular flexibility index (Phi) is 18.5. The standard InChI is InChI=1S/C32H57O8P/c1-23(2)11-7-12-24(3)13-8-14-25(4)15-9-16-26(5)17-10-18-27(6)19-20-39-41(37,38)22-29-31(35)32(36)30(34)28(21-33)40-29/h11,13,15,17,27-36H,7-10,12,14,16,18-22H2,1-6H3,(H,37,38)/b24-13+,25-15?,26-17+/t27-,28+,29-,30+,31+,32-/m0/s1. The minimum atomic E-state index is -4.10. The zero-order valence-electron chi connectivity index (χ0n) is 26.2. The fourth-order valence-electron chi connectivity index (χ4n) is 4.75. The zero-order chi connectivity index (χ0) is 31.0. The average molecular weight is 601 g/mol. The van der Waals surface area contributed by atoms with E-state index in [4.69, 9.17) is 9.26 Å². The van der Waals surface area contributed by atoms with Gasteiger partial charge in [0.1, 0.15) is 24.4 Å². The van der Waals surface area contributed by atoms with E-state index in [9.17, 15) is 29.9 Å². The minimum absolute atomic E-state index is 0.0866. The Labute approximate surface area is 248 Å². The van der Waals surface area contributed by atoms with Crippen LogP contribution in [-0.4, -0.2) is 75.2 Å². The Hall–Kier alpha value is -1.09. The first-order chi connectivity index (χ1) is 19.3. The molecule has 1 saturated heterocycles. The second kappa shape index (κ2) is 20.0. The van der Waals surface area contributed by atoms with E-state index in [0.717, 1.165) is 51.4 Å². The smallest absolute Gasteiger partial charge is 0.330 e. The van der Waals surface area contributed by atoms with Gasteiger partial charge in [0.05, 0.1) is 25.5 Å². The van der Waals surface area contributed by atoms with Gasteiger partial charge in [-0.15, -0.1) is 0 Å². The number of hydrogen-bond donors (Lipinski definition) is 5. The monoisotopic (exact) mass is 600 g/mol. The average Bonchev–Trinajstić information content (AvgIpc) is 2.88. The maximum atomic E-state index is 12.5. The van der Waals surface area contributed by atoms with Crippen LogP contribution in [0.5, 0.6) is 0 Å². The first kappa shape index (κ1) is 37.9. The van der Waals surface area contributed by atoms with Crippen LogP contribution in [0.1, 0.15) is 99.3 Å². The molecule has 0 spiro atoms. The predicted molar refractivity (Wildman–Crippen MR) is 166 cm³/mol. The van der Waals surface area contributed by atoms with E-state index in [1.807, 2.05) is 0 Å². The molecular weight excluding hydrogens is 543 g/mol. The molecule has 238 valence electrons. The number of ether oxygens (including phenoxy) is 1. The van der Waals surface area contributed by atoms with Gasteiger partial charge in [0.15, 0.2) is 0 Å². The van der Waals surface area contributed by atoms with Crippen molar-refractivity contribution in [3.8, 4) is 0 Å². The predicted octanol–water partition coefficient (Wildman–Crippen LogP) is 5.98. The second-order valence-electron chi connectivity index (χ2n) is 12.0. The summed E-state index contributed by atoms with van der Waals surface area (Å²) in [6, 6.07) is 0. The number of allylic oxidation sites excluding steroid dienone is 8. The lowest BCUT2D eigenvalue weighted by atomic mass is 9.96. The van der Waals surface area contributed by atoms with Crippen LogP contribution in [0.15, 0.2) is 46.6 Å². The molecule has 8 nitrogen and oxygen atoms in total. The Morgan fingerprint density at radius 2 is 1.27 bits per heavy atom. The molecule has 0 radical (unpaired) electrons. The van der Waals surface area contributed by atoms with Crippen molar-refractivity contribution < 1.29 is 39.1 Å². The molecule has 0 saturated carbocycles. The van der Waals surface area contributed by atoms with Gasteiger partial charge in [-0.1, -0.05) is 53.5 Å². The molecule has 1 rings (SSSR count). The highest BCUT2D eigenvalue weighted by molar-refractivity contribution is 7.52. The van der Waals surface area contributed by atoms with Gasteiger partial charge in [0.2, 0.25) is 0 Å². The molecule has 1 heterocycles. The topological polar surface area (TPSA) is 137 Å². The van der Waals surface area contributed by atoms with E-state index < -0.39 is 50.9 Å². The SMILES string of the molecule is CC(C)=CCC/C(C)=C/CCC(C)=CCC/C(C)=C/CC[C@H](C)CCOP(=O)(O)C[C@@H]1O[C@H](CO)[C@@H](O)[C@H](O)[C@@H]1O. The molecule has 0 aromatic carbocycles. The van der Waals surface area contributed by atoms with Gasteiger partial charge in [-0.25, -0.2) is 0 Å². The largest absolute Gasteiger partial charge is 0.394 e. The van der Waals surface area contributed by atoms with Gasteiger partial charge >= 0.3 is 7.60 Å². The van der Waals surface area contributed by atoms with Crippen molar-refractivity contribution in [2.24, 2.45) is 5.92 Å². The lowest BCUT2D eigenvalue weighted by Gasteiger charge is -2.40. The van der Waals surface area contributed by atoms with E-state index in [2.05, 4.69) is 65.8 Å². The highest BCUT2D eigenvalue weighted by Gasteiger charge is 2.45. The third kappa shape index (κ3) is 16.4. The summed E-state index contributed by atoms with van der Waals surface area (Å²) in [6.45, 7) is 12.5. The van der Waals surface area contributed by atoms with E-state index in [1.54, 1.807) is 0 Å². The summed E-state index contributed by atoms with van der Waals surface area (Å²) in [5.41, 5.74) is 5.65. The van der Waals surface area contributed by atoms with Crippen LogP contribution in [0.4, 0.5) is 0 Å². The fourth-order valence-corrected chi connectivity index (χ4v) is 6.00. The Morgan fingerprint density at radius 3 is 1.78 bits per heavy atom. The number of hydrogen-bond acceptors (Lipinski definition) is 7. The summed E-state index contributed by atoms with van der Waals surface area (Å²) in [5, 5.41) is 39.1. The highest BCUT2D eigenvalue weighted by Crippen LogP contribution is 2.45. The van der Waals surface area contributed by atoms with Gasteiger partial charge in [-0.05, 0) is 98.3 Å². The Bertz CT molecular complexity index is 919. The third-order valence-electron chi connectivity index (χ3n) is 7.61. The molecule has 0 aromatic heterocycles. The summed E-state index contributed by atoms with van der Waals surface area (Å²) in [7, 11) is -4.10. The number of aliphatic hydroxyl groups is 4. The van der Waals surface area contributed by atoms with Crippen molar-refractivity contribution in [3.05, 3.63) is 46.6 Å². The van der Waals surface area contributed by atoms with Crippen molar-refractivity contribution in [1.82, 2.24) is 0 Å². The lowest BCUT2D eigenvalue weighted by molar-refractivity contribution is -0.223. The summed E-state index contributed by atoms with van der Waals surface area (Å²) < 4.78 is 23.1. The first-order valence-electron chi connectivity index (χ1n) is 15.1. The first-order valence-corrected chi connectivity index (χ1v) is 16.9. The molecule has 5 N–H and O–H groups in total. The summed E-state index contributed by atoms with van der Waals surface area (Å²) in [6.07, 6.45) is 10.8. The van der Waals surface area contributed by atoms with Crippen LogP contribution in [0.25, 0.3) is 0 Å². The van der Waals surface area contributed by atoms with E-state index in [0.29, 0.717) is 12.3 Å². The Morgan fingerprint density at radius 1 is 0.780 bits per heavy atom. The van der Waals surface area contributed by atoms with Gasteiger partial charge in [-0.2, -0.15) is 0 Å².